The largest absolute Gasteiger partial charge is 0.0919 e. The van der Waals surface area contributed by atoms with Gasteiger partial charge in [0.15, 0.2) is 0 Å². The molecule has 13 heavy (non-hydrogen) atoms. The van der Waals surface area contributed by atoms with Gasteiger partial charge in [0.05, 0.1) is 8.07 Å². The molecule has 1 aliphatic rings. The van der Waals surface area contributed by atoms with Crippen LogP contribution in [-0.4, -0.2) is 8.07 Å². The van der Waals surface area contributed by atoms with Crippen molar-refractivity contribution in [3.63, 3.8) is 0 Å². The Hall–Kier alpha value is -0.303. The van der Waals surface area contributed by atoms with Crippen LogP contribution in [0.4, 0.5) is 0 Å². The molecule has 0 aliphatic heterocycles. The molecule has 0 fully saturated rings. The molecule has 0 aromatic carbocycles. The van der Waals surface area contributed by atoms with Crippen molar-refractivity contribution < 1.29 is 0 Å². The Kier molecular flexibility index (Phi) is 3.17. The van der Waals surface area contributed by atoms with Crippen molar-refractivity contribution in [1.29, 1.82) is 0 Å². The van der Waals surface area contributed by atoms with Gasteiger partial charge in [-0.1, -0.05) is 49.5 Å². The highest BCUT2D eigenvalue weighted by Gasteiger charge is 2.15. The van der Waals surface area contributed by atoms with Crippen LogP contribution in [0, 0.1) is 5.92 Å². The van der Waals surface area contributed by atoms with Crippen LogP contribution >= 0.6 is 0 Å². The minimum Gasteiger partial charge on any atom is -0.0919 e. The van der Waals surface area contributed by atoms with Gasteiger partial charge in [0, 0.05) is 0 Å². The molecule has 0 heterocycles. The minimum absolute atomic E-state index is 0.854. The summed E-state index contributed by atoms with van der Waals surface area (Å²) >= 11 is 0. The van der Waals surface area contributed by atoms with Gasteiger partial charge in [-0.05, 0) is 25.7 Å². The lowest BCUT2D eigenvalue weighted by molar-refractivity contribution is 0.560. The van der Waals surface area contributed by atoms with Crippen LogP contribution in [0.3, 0.4) is 0 Å². The summed E-state index contributed by atoms with van der Waals surface area (Å²) in [7, 11) is -1.01. The minimum atomic E-state index is -1.01. The summed E-state index contributed by atoms with van der Waals surface area (Å²) in [5.74, 6) is 0.854. The molecule has 1 atom stereocenters. The van der Waals surface area contributed by atoms with Crippen LogP contribution in [0.25, 0.3) is 0 Å². The molecule has 0 nitrogen and oxygen atoms in total. The number of rotatable bonds is 1. The first kappa shape index (κ1) is 10.8. The van der Waals surface area contributed by atoms with E-state index in [9.17, 15) is 0 Å². The summed E-state index contributed by atoms with van der Waals surface area (Å²) in [6.07, 6.45) is 4.99. The second kappa shape index (κ2) is 3.83. The Bertz CT molecular complexity index is 240. The molecule has 0 bridgehead atoms. The Labute approximate surface area is 83.7 Å². The van der Waals surface area contributed by atoms with E-state index in [-0.39, 0.29) is 0 Å². The summed E-state index contributed by atoms with van der Waals surface area (Å²) in [5.41, 5.74) is 5.70. The van der Waals surface area contributed by atoms with Gasteiger partial charge in [-0.15, -0.1) is 0 Å². The van der Waals surface area contributed by atoms with E-state index in [4.69, 9.17) is 0 Å². The zero-order valence-corrected chi connectivity index (χ0v) is 10.6. The van der Waals surface area contributed by atoms with E-state index >= 15 is 0 Å². The van der Waals surface area contributed by atoms with Crippen molar-refractivity contribution >= 4 is 8.07 Å². The molecule has 0 saturated carbocycles. The SMILES string of the molecule is CC1=C/C(=C\[Si](C)(C)C)CC(C)C1. The van der Waals surface area contributed by atoms with Gasteiger partial charge in [0.2, 0.25) is 0 Å². The first-order valence-corrected chi connectivity index (χ1v) is 8.83. The molecule has 0 radical (unpaired) electrons. The van der Waals surface area contributed by atoms with Gasteiger partial charge in [0.1, 0.15) is 0 Å². The van der Waals surface area contributed by atoms with Gasteiger partial charge < -0.3 is 0 Å². The maximum absolute atomic E-state index is 2.55. The maximum atomic E-state index is 2.55. The van der Waals surface area contributed by atoms with Crippen LogP contribution in [0.5, 0.6) is 0 Å². The van der Waals surface area contributed by atoms with Crippen LogP contribution in [-0.2, 0) is 0 Å². The topological polar surface area (TPSA) is 0 Å². The smallest absolute Gasteiger partial charge is 0.0690 e. The Morgan fingerprint density at radius 3 is 2.38 bits per heavy atom. The molecule has 0 aromatic heterocycles. The van der Waals surface area contributed by atoms with E-state index in [2.05, 4.69) is 45.3 Å². The van der Waals surface area contributed by atoms with Crippen LogP contribution in [0.2, 0.25) is 19.6 Å². The molecule has 1 heteroatoms. The highest BCUT2D eigenvalue weighted by Crippen LogP contribution is 2.28. The fourth-order valence-electron chi connectivity index (χ4n) is 2.12. The van der Waals surface area contributed by atoms with Crippen LogP contribution in [0.1, 0.15) is 26.7 Å². The molecular weight excluding hydrogens is 172 g/mol. The van der Waals surface area contributed by atoms with Crippen molar-refractivity contribution in [2.45, 2.75) is 46.3 Å². The molecular formula is C12H22Si. The van der Waals surface area contributed by atoms with Crippen LogP contribution < -0.4 is 0 Å². The van der Waals surface area contributed by atoms with Crippen molar-refractivity contribution in [2.75, 3.05) is 0 Å². The predicted molar refractivity (Wildman–Crippen MR) is 63.6 cm³/mol. The van der Waals surface area contributed by atoms with E-state index in [0.717, 1.165) is 5.92 Å². The van der Waals surface area contributed by atoms with E-state index in [1.165, 1.54) is 12.8 Å². The van der Waals surface area contributed by atoms with Crippen molar-refractivity contribution in [3.05, 3.63) is 22.9 Å². The normalized spacial score (nSPS) is 27.6. The highest BCUT2D eigenvalue weighted by atomic mass is 28.3. The number of hydrogen-bond acceptors (Lipinski definition) is 0. The first-order valence-electron chi connectivity index (χ1n) is 5.26. The van der Waals surface area contributed by atoms with Crippen LogP contribution in [0.15, 0.2) is 22.9 Å². The maximum Gasteiger partial charge on any atom is 0.0690 e. The lowest BCUT2D eigenvalue weighted by atomic mass is 9.89. The van der Waals surface area contributed by atoms with E-state index < -0.39 is 8.07 Å². The summed E-state index contributed by atoms with van der Waals surface area (Å²) < 4.78 is 0. The lowest BCUT2D eigenvalue weighted by Crippen LogP contribution is -2.18. The third-order valence-corrected chi connectivity index (χ3v) is 3.54. The average molecular weight is 194 g/mol. The Balaban J connectivity index is 2.82. The Morgan fingerprint density at radius 1 is 1.31 bits per heavy atom. The summed E-state index contributed by atoms with van der Waals surface area (Å²) in [4.78, 5) is 0. The van der Waals surface area contributed by atoms with Crippen molar-refractivity contribution in [2.24, 2.45) is 5.92 Å². The highest BCUT2D eigenvalue weighted by molar-refractivity contribution is 6.81. The second-order valence-electron chi connectivity index (χ2n) is 5.59. The van der Waals surface area contributed by atoms with Gasteiger partial charge in [0.25, 0.3) is 0 Å². The molecule has 1 aliphatic carbocycles. The zero-order chi connectivity index (χ0) is 10.1. The summed E-state index contributed by atoms with van der Waals surface area (Å²) in [6.45, 7) is 11.8. The third-order valence-electron chi connectivity index (χ3n) is 2.30. The summed E-state index contributed by atoms with van der Waals surface area (Å²) in [5, 5.41) is 0. The molecule has 74 valence electrons. The molecule has 0 N–H and O–H groups in total. The fourth-order valence-corrected chi connectivity index (χ4v) is 3.43. The molecule has 1 unspecified atom stereocenters. The third kappa shape index (κ3) is 3.95. The summed E-state index contributed by atoms with van der Waals surface area (Å²) in [6, 6.07) is 0. The van der Waals surface area contributed by atoms with E-state index in [0.29, 0.717) is 0 Å². The van der Waals surface area contributed by atoms with Crippen molar-refractivity contribution in [3.8, 4) is 0 Å². The molecule has 0 amide bonds. The first-order chi connectivity index (χ1) is 5.87. The number of allylic oxidation sites excluding steroid dienone is 3. The average Bonchev–Trinajstić information content (AvgIpc) is 1.78. The Morgan fingerprint density at radius 2 is 1.92 bits per heavy atom. The number of hydrogen-bond donors (Lipinski definition) is 0. The van der Waals surface area contributed by atoms with E-state index in [1.807, 2.05) is 0 Å². The van der Waals surface area contributed by atoms with Crippen molar-refractivity contribution in [1.82, 2.24) is 0 Å². The monoisotopic (exact) mass is 194 g/mol. The fraction of sp³-hybridized carbons (Fsp3) is 0.667. The second-order valence-corrected chi connectivity index (χ2v) is 10.6. The molecule has 0 spiro atoms. The zero-order valence-electron chi connectivity index (χ0n) is 9.65. The molecule has 0 saturated heterocycles. The standard InChI is InChI=1S/C12H22Si/c1-10-6-11(2)8-12(7-10)9-13(3,4)5/h7,9,11H,6,8H2,1-5H3/b12-9+. The van der Waals surface area contributed by atoms with Gasteiger partial charge in [-0.25, -0.2) is 0 Å². The molecule has 1 rings (SSSR count). The van der Waals surface area contributed by atoms with Gasteiger partial charge in [-0.3, -0.25) is 0 Å². The predicted octanol–water partition coefficient (Wildman–Crippen LogP) is 4.17. The quantitative estimate of drug-likeness (QED) is 0.550. The van der Waals surface area contributed by atoms with E-state index in [1.54, 1.807) is 11.1 Å². The van der Waals surface area contributed by atoms with Gasteiger partial charge >= 0.3 is 0 Å². The lowest BCUT2D eigenvalue weighted by Gasteiger charge is -2.21. The molecule has 0 aromatic rings. The van der Waals surface area contributed by atoms with Gasteiger partial charge in [-0.2, -0.15) is 0 Å².